The summed E-state index contributed by atoms with van der Waals surface area (Å²) >= 11 is 4.92. The molecule has 0 bridgehead atoms. The molecule has 12 nitrogen and oxygen atoms in total. The Hall–Kier alpha value is -4.81. The lowest BCUT2D eigenvalue weighted by Gasteiger charge is -2.07. The first-order valence-corrected chi connectivity index (χ1v) is 13.5. The molecule has 2 unspecified atom stereocenters. The molecule has 4 aliphatic rings. The fourth-order valence-corrected chi connectivity index (χ4v) is 4.80. The van der Waals surface area contributed by atoms with Crippen molar-refractivity contribution in [3.8, 4) is 11.5 Å². The highest BCUT2D eigenvalue weighted by molar-refractivity contribution is 6.61. The molecule has 0 radical (unpaired) electrons. The van der Waals surface area contributed by atoms with Gasteiger partial charge in [-0.1, -0.05) is 48.6 Å². The lowest BCUT2D eigenvalue weighted by atomic mass is 10.1. The summed E-state index contributed by atoms with van der Waals surface area (Å²) in [5.41, 5.74) is -0.735. The smallest absolute Gasteiger partial charge is 0.434 e. The van der Waals surface area contributed by atoms with Gasteiger partial charge in [0.25, 0.3) is 11.4 Å². The molecule has 0 heterocycles. The lowest BCUT2D eigenvalue weighted by molar-refractivity contribution is -0.385. The molecular formula is C30H27ClN2O10. The summed E-state index contributed by atoms with van der Waals surface area (Å²) in [5, 5.41) is 29.5. The summed E-state index contributed by atoms with van der Waals surface area (Å²) in [6.45, 7) is 0.648. The minimum Gasteiger partial charge on any atom is -0.434 e. The van der Waals surface area contributed by atoms with Gasteiger partial charge in [0, 0.05) is 59.2 Å². The van der Waals surface area contributed by atoms with Gasteiger partial charge in [0.2, 0.25) is 0 Å². The summed E-state index contributed by atoms with van der Waals surface area (Å²) in [6.07, 6.45) is 18.1. The Balaban J connectivity index is 0.000000163. The van der Waals surface area contributed by atoms with Crippen molar-refractivity contribution in [2.24, 2.45) is 22.7 Å². The fourth-order valence-electron chi connectivity index (χ4n) is 4.71. The minimum absolute atomic E-state index is 0.0598. The number of rotatable bonds is 7. The van der Waals surface area contributed by atoms with Crippen LogP contribution < -0.4 is 9.47 Å². The number of nitrogens with zero attached hydrogens (tertiary/aromatic N) is 2. The summed E-state index contributed by atoms with van der Waals surface area (Å²) in [7, 11) is 0. The van der Waals surface area contributed by atoms with Crippen LogP contribution in [0.5, 0.6) is 11.5 Å². The van der Waals surface area contributed by atoms with Crippen molar-refractivity contribution in [1.29, 1.82) is 0 Å². The number of aliphatic hydroxyl groups is 1. The van der Waals surface area contributed by atoms with E-state index in [2.05, 4.69) is 41.2 Å². The van der Waals surface area contributed by atoms with Gasteiger partial charge in [0.05, 0.1) is 16.5 Å². The van der Waals surface area contributed by atoms with E-state index in [-0.39, 0.29) is 28.3 Å². The van der Waals surface area contributed by atoms with Gasteiger partial charge in [0.1, 0.15) is 11.5 Å². The number of benzene rings is 2. The van der Waals surface area contributed by atoms with E-state index in [1.165, 1.54) is 48.5 Å². The van der Waals surface area contributed by atoms with Crippen LogP contribution in [0, 0.1) is 42.9 Å². The van der Waals surface area contributed by atoms with Gasteiger partial charge in [-0.2, -0.15) is 0 Å². The monoisotopic (exact) mass is 610 g/mol. The van der Waals surface area contributed by atoms with Crippen LogP contribution in [0.15, 0.2) is 97.1 Å². The zero-order valence-electron chi connectivity index (χ0n) is 22.6. The van der Waals surface area contributed by atoms with Crippen molar-refractivity contribution in [1.82, 2.24) is 0 Å². The Morgan fingerprint density at radius 1 is 0.767 bits per heavy atom. The van der Waals surface area contributed by atoms with E-state index >= 15 is 0 Å². The topological polar surface area (TPSA) is 168 Å². The third-order valence-corrected chi connectivity index (χ3v) is 7.44. The summed E-state index contributed by atoms with van der Waals surface area (Å²) in [6, 6.07) is 10.3. The second kappa shape index (κ2) is 13.4. The number of ether oxygens (including phenoxy) is 3. The van der Waals surface area contributed by atoms with Crippen molar-refractivity contribution in [2.45, 2.75) is 12.8 Å². The number of halogens is 1. The summed E-state index contributed by atoms with van der Waals surface area (Å²) < 4.78 is 14.5. The molecule has 2 fully saturated rings. The van der Waals surface area contributed by atoms with Crippen LogP contribution in [-0.4, -0.2) is 39.8 Å². The number of non-ortho nitro benzene ring substituents is 2. The van der Waals surface area contributed by atoms with Crippen molar-refractivity contribution in [2.75, 3.05) is 13.2 Å². The number of nitro groups is 2. The maximum atomic E-state index is 11.6. The SMILES string of the molecule is O=C(Cl)Oc1ccc([N+](=O)[O-])cc1.O=C(OCC1CC12C=CC=C2)Oc1ccc([N+](=O)[O-])cc1.OCC1CC12C=CC=C2. The van der Waals surface area contributed by atoms with E-state index in [1.807, 2.05) is 12.2 Å². The highest BCUT2D eigenvalue weighted by Crippen LogP contribution is 2.57. The third kappa shape index (κ3) is 8.37. The average molecular weight is 611 g/mol. The van der Waals surface area contributed by atoms with E-state index in [4.69, 9.17) is 26.2 Å². The zero-order chi connectivity index (χ0) is 31.0. The van der Waals surface area contributed by atoms with E-state index < -0.39 is 21.4 Å². The molecule has 0 saturated heterocycles. The normalized spacial score (nSPS) is 20.0. The van der Waals surface area contributed by atoms with Crippen LogP contribution in [0.1, 0.15) is 12.8 Å². The lowest BCUT2D eigenvalue weighted by Crippen LogP contribution is -2.13. The molecule has 2 spiro atoms. The van der Waals surface area contributed by atoms with Crippen LogP contribution in [-0.2, 0) is 4.74 Å². The Morgan fingerprint density at radius 2 is 1.19 bits per heavy atom. The number of allylic oxidation sites excluding steroid dienone is 8. The van der Waals surface area contributed by atoms with Crippen LogP contribution in [0.2, 0.25) is 0 Å². The average Bonchev–Trinajstić information content (AvgIpc) is 3.66. The Bertz CT molecular complexity index is 1460. The Kier molecular flexibility index (Phi) is 9.73. The van der Waals surface area contributed by atoms with Crippen LogP contribution in [0.25, 0.3) is 0 Å². The van der Waals surface area contributed by atoms with Gasteiger partial charge in [-0.25, -0.2) is 9.59 Å². The second-order valence-electron chi connectivity index (χ2n) is 10.2. The van der Waals surface area contributed by atoms with Crippen LogP contribution >= 0.6 is 11.6 Å². The molecule has 2 saturated carbocycles. The Labute approximate surface area is 250 Å². The van der Waals surface area contributed by atoms with Gasteiger partial charge in [-0.15, -0.1) is 0 Å². The van der Waals surface area contributed by atoms with E-state index in [0.717, 1.165) is 12.8 Å². The molecule has 4 aliphatic carbocycles. The van der Waals surface area contributed by atoms with Crippen molar-refractivity contribution < 1.29 is 38.8 Å². The van der Waals surface area contributed by atoms with Crippen molar-refractivity contribution >= 4 is 34.6 Å². The van der Waals surface area contributed by atoms with Crippen molar-refractivity contribution in [3.63, 3.8) is 0 Å². The highest BCUT2D eigenvalue weighted by Gasteiger charge is 2.52. The first kappa shape index (κ1) is 31.1. The molecule has 2 aromatic carbocycles. The van der Waals surface area contributed by atoms with Gasteiger partial charge >= 0.3 is 11.6 Å². The number of nitro benzene ring substituents is 2. The highest BCUT2D eigenvalue weighted by atomic mass is 35.5. The number of hydrogen-bond acceptors (Lipinski definition) is 10. The van der Waals surface area contributed by atoms with Gasteiger partial charge in [0.15, 0.2) is 0 Å². The Morgan fingerprint density at radius 3 is 1.58 bits per heavy atom. The molecule has 0 amide bonds. The molecule has 1 N–H and O–H groups in total. The van der Waals surface area contributed by atoms with Gasteiger partial charge < -0.3 is 19.3 Å². The number of hydrogen-bond donors (Lipinski definition) is 1. The number of aliphatic hydroxyl groups excluding tert-OH is 1. The van der Waals surface area contributed by atoms with Crippen molar-refractivity contribution in [3.05, 3.63) is 117 Å². The molecule has 0 aromatic heterocycles. The zero-order valence-corrected chi connectivity index (χ0v) is 23.4. The number of carbonyl (C=O) groups is 2. The van der Waals surface area contributed by atoms with Gasteiger partial charge in [-0.3, -0.25) is 20.2 Å². The quantitative estimate of drug-likeness (QED) is 0.117. The first-order chi connectivity index (χ1) is 20.6. The fraction of sp³-hybridized carbons (Fsp3) is 0.267. The van der Waals surface area contributed by atoms with E-state index in [1.54, 1.807) is 0 Å². The molecule has 224 valence electrons. The molecule has 0 aliphatic heterocycles. The van der Waals surface area contributed by atoms with Gasteiger partial charge in [-0.05, 0) is 43.0 Å². The molecular weight excluding hydrogens is 584 g/mol. The van der Waals surface area contributed by atoms with E-state index in [9.17, 15) is 29.8 Å². The van der Waals surface area contributed by atoms with Crippen LogP contribution in [0.3, 0.4) is 0 Å². The second-order valence-corrected chi connectivity index (χ2v) is 10.5. The molecule has 2 aromatic rings. The van der Waals surface area contributed by atoms with E-state index in [0.29, 0.717) is 30.5 Å². The molecule has 13 heteroatoms. The third-order valence-electron chi connectivity index (χ3n) is 7.37. The predicted molar refractivity (Wildman–Crippen MR) is 155 cm³/mol. The predicted octanol–water partition coefficient (Wildman–Crippen LogP) is 6.69. The van der Waals surface area contributed by atoms with Crippen LogP contribution in [0.4, 0.5) is 21.0 Å². The number of carbonyl (C=O) groups excluding carboxylic acids is 2. The largest absolute Gasteiger partial charge is 0.513 e. The molecule has 2 atom stereocenters. The molecule has 6 rings (SSSR count). The maximum absolute atomic E-state index is 11.6. The summed E-state index contributed by atoms with van der Waals surface area (Å²) in [4.78, 5) is 41.4. The first-order valence-electron chi connectivity index (χ1n) is 13.1. The minimum atomic E-state index is -0.978. The standard InChI is InChI=1S/C15H13NO5.C8H10O.C7H4ClNO4/c17-14(20-10-11-9-15(11)7-1-2-8-15)21-13-5-3-12(4-6-13)16(18)19;9-6-7-5-8(7)3-1-2-4-8;8-7(10)13-6-3-1-5(2-4-6)9(11)12/h1-8,11H,9-10H2;1-4,7,9H,5-6H2;1-4H. The molecule has 43 heavy (non-hydrogen) atoms. The summed E-state index contributed by atoms with van der Waals surface area (Å²) in [5.74, 6) is 1.21. The maximum Gasteiger partial charge on any atom is 0.513 e.